The van der Waals surface area contributed by atoms with E-state index in [1.165, 1.54) is 6.07 Å². The van der Waals surface area contributed by atoms with Gasteiger partial charge in [-0.3, -0.25) is 0 Å². The van der Waals surface area contributed by atoms with Gasteiger partial charge < -0.3 is 10.6 Å². The van der Waals surface area contributed by atoms with Gasteiger partial charge in [-0.25, -0.2) is 4.39 Å². The predicted molar refractivity (Wildman–Crippen MR) is 82.7 cm³/mol. The van der Waals surface area contributed by atoms with Crippen LogP contribution in [0.2, 0.25) is 0 Å². The number of nitrogens with zero attached hydrogens (tertiary/aromatic N) is 1. The van der Waals surface area contributed by atoms with Crippen molar-refractivity contribution in [3.05, 3.63) is 59.9 Å². The minimum absolute atomic E-state index is 0.0626. The van der Waals surface area contributed by atoms with E-state index in [0.717, 1.165) is 17.7 Å². The Hall–Kier alpha value is -1.87. The van der Waals surface area contributed by atoms with Gasteiger partial charge in [0, 0.05) is 18.3 Å². The quantitative estimate of drug-likeness (QED) is 0.874. The first-order chi connectivity index (χ1) is 9.67. The zero-order valence-corrected chi connectivity index (χ0v) is 12.0. The van der Waals surface area contributed by atoms with Crippen LogP contribution < -0.4 is 10.6 Å². The van der Waals surface area contributed by atoms with Crippen LogP contribution in [0.3, 0.4) is 0 Å². The largest absolute Gasteiger partial charge is 0.339 e. The normalized spacial score (nSPS) is 12.2. The first-order valence-corrected chi connectivity index (χ1v) is 7.05. The highest BCUT2D eigenvalue weighted by molar-refractivity contribution is 5.63. The Bertz CT molecular complexity index is 551. The van der Waals surface area contributed by atoms with Gasteiger partial charge in [0.05, 0.1) is 5.69 Å². The first-order valence-electron chi connectivity index (χ1n) is 7.05. The van der Waals surface area contributed by atoms with Crippen molar-refractivity contribution < 1.29 is 4.39 Å². The van der Waals surface area contributed by atoms with Gasteiger partial charge in [0.15, 0.2) is 0 Å². The van der Waals surface area contributed by atoms with Crippen molar-refractivity contribution in [3.63, 3.8) is 0 Å². The number of rotatable bonds is 5. The van der Waals surface area contributed by atoms with E-state index < -0.39 is 0 Å². The average Bonchev–Trinajstić information content (AvgIpc) is 2.50. The highest BCUT2D eigenvalue weighted by Crippen LogP contribution is 2.28. The monoisotopic (exact) mass is 272 g/mol. The van der Waals surface area contributed by atoms with Crippen LogP contribution in [0, 0.1) is 5.82 Å². The molecular formula is C17H21FN2. The number of anilines is 2. The molecule has 0 aliphatic rings. The second-order valence-electron chi connectivity index (χ2n) is 4.80. The van der Waals surface area contributed by atoms with Gasteiger partial charge in [0.2, 0.25) is 0 Å². The lowest BCUT2D eigenvalue weighted by Crippen LogP contribution is -2.17. The van der Waals surface area contributed by atoms with Crippen molar-refractivity contribution in [3.8, 4) is 0 Å². The summed E-state index contributed by atoms with van der Waals surface area (Å²) >= 11 is 0. The van der Waals surface area contributed by atoms with E-state index in [-0.39, 0.29) is 11.9 Å². The SMILES string of the molecule is CCC(N)c1ccc(N(CC)c2ccccc2F)cc1. The van der Waals surface area contributed by atoms with E-state index in [0.29, 0.717) is 12.2 Å². The Morgan fingerprint density at radius 2 is 1.70 bits per heavy atom. The summed E-state index contributed by atoms with van der Waals surface area (Å²) in [4.78, 5) is 1.95. The van der Waals surface area contributed by atoms with E-state index in [1.807, 2.05) is 42.2 Å². The molecule has 0 radical (unpaired) electrons. The maximum absolute atomic E-state index is 13.9. The van der Waals surface area contributed by atoms with Gasteiger partial charge in [-0.05, 0) is 43.2 Å². The third-order valence-corrected chi connectivity index (χ3v) is 3.53. The Labute approximate surface area is 120 Å². The molecule has 3 heteroatoms. The van der Waals surface area contributed by atoms with Crippen LogP contribution in [0.5, 0.6) is 0 Å². The summed E-state index contributed by atoms with van der Waals surface area (Å²) in [6, 6.07) is 14.9. The average molecular weight is 272 g/mol. The second kappa shape index (κ2) is 6.53. The van der Waals surface area contributed by atoms with Crippen LogP contribution in [0.4, 0.5) is 15.8 Å². The highest BCUT2D eigenvalue weighted by Gasteiger charge is 2.12. The molecular weight excluding hydrogens is 251 g/mol. The Kier molecular flexibility index (Phi) is 4.74. The van der Waals surface area contributed by atoms with Crippen molar-refractivity contribution in [2.75, 3.05) is 11.4 Å². The topological polar surface area (TPSA) is 29.3 Å². The van der Waals surface area contributed by atoms with Gasteiger partial charge in [-0.15, -0.1) is 0 Å². The predicted octanol–water partition coefficient (Wildman–Crippen LogP) is 4.39. The standard InChI is InChI=1S/C17H21FN2/c1-3-16(19)13-9-11-14(12-10-13)20(4-2)17-8-6-5-7-15(17)18/h5-12,16H,3-4,19H2,1-2H3. The summed E-state index contributed by atoms with van der Waals surface area (Å²) in [7, 11) is 0. The molecule has 0 heterocycles. The Balaban J connectivity index is 2.31. The molecule has 20 heavy (non-hydrogen) atoms. The van der Waals surface area contributed by atoms with Crippen molar-refractivity contribution >= 4 is 11.4 Å². The van der Waals surface area contributed by atoms with Crippen LogP contribution >= 0.6 is 0 Å². The summed E-state index contributed by atoms with van der Waals surface area (Å²) in [5, 5.41) is 0. The summed E-state index contributed by atoms with van der Waals surface area (Å²) in [6.45, 7) is 4.79. The third kappa shape index (κ3) is 2.99. The van der Waals surface area contributed by atoms with Gasteiger partial charge >= 0.3 is 0 Å². The number of nitrogens with two attached hydrogens (primary N) is 1. The Morgan fingerprint density at radius 3 is 2.25 bits per heavy atom. The van der Waals surface area contributed by atoms with E-state index in [1.54, 1.807) is 12.1 Å². The molecule has 0 bridgehead atoms. The molecule has 1 atom stereocenters. The van der Waals surface area contributed by atoms with E-state index >= 15 is 0 Å². The van der Waals surface area contributed by atoms with E-state index in [4.69, 9.17) is 5.73 Å². The zero-order valence-electron chi connectivity index (χ0n) is 12.0. The minimum Gasteiger partial charge on any atom is -0.339 e. The smallest absolute Gasteiger partial charge is 0.146 e. The van der Waals surface area contributed by atoms with Gasteiger partial charge in [-0.2, -0.15) is 0 Å². The molecule has 0 amide bonds. The molecule has 2 aromatic carbocycles. The fourth-order valence-corrected chi connectivity index (χ4v) is 2.30. The highest BCUT2D eigenvalue weighted by atomic mass is 19.1. The van der Waals surface area contributed by atoms with Gasteiger partial charge in [0.1, 0.15) is 5.82 Å². The lowest BCUT2D eigenvalue weighted by molar-refractivity contribution is 0.625. The fraction of sp³-hybridized carbons (Fsp3) is 0.294. The van der Waals surface area contributed by atoms with Crippen molar-refractivity contribution in [1.29, 1.82) is 0 Å². The molecule has 2 rings (SSSR count). The summed E-state index contributed by atoms with van der Waals surface area (Å²) in [6.07, 6.45) is 0.907. The molecule has 0 aliphatic heterocycles. The molecule has 0 fully saturated rings. The number of hydrogen-bond acceptors (Lipinski definition) is 2. The van der Waals surface area contributed by atoms with Crippen LogP contribution in [0.1, 0.15) is 31.9 Å². The summed E-state index contributed by atoms with van der Waals surface area (Å²) in [5.74, 6) is -0.205. The van der Waals surface area contributed by atoms with E-state index in [2.05, 4.69) is 6.92 Å². The first kappa shape index (κ1) is 14.5. The maximum atomic E-state index is 13.9. The van der Waals surface area contributed by atoms with Gasteiger partial charge in [0.25, 0.3) is 0 Å². The molecule has 106 valence electrons. The zero-order chi connectivity index (χ0) is 14.5. The summed E-state index contributed by atoms with van der Waals surface area (Å²) < 4.78 is 13.9. The number of benzene rings is 2. The van der Waals surface area contributed by atoms with Crippen LogP contribution in [-0.2, 0) is 0 Å². The van der Waals surface area contributed by atoms with Gasteiger partial charge in [-0.1, -0.05) is 31.2 Å². The molecule has 2 N–H and O–H groups in total. The third-order valence-electron chi connectivity index (χ3n) is 3.53. The molecule has 0 spiro atoms. The minimum atomic E-state index is -0.205. The van der Waals surface area contributed by atoms with Crippen LogP contribution in [0.15, 0.2) is 48.5 Å². The molecule has 2 nitrogen and oxygen atoms in total. The molecule has 0 saturated heterocycles. The fourth-order valence-electron chi connectivity index (χ4n) is 2.30. The lowest BCUT2D eigenvalue weighted by atomic mass is 10.0. The molecule has 0 aromatic heterocycles. The molecule has 0 aliphatic carbocycles. The van der Waals surface area contributed by atoms with Crippen molar-refractivity contribution in [1.82, 2.24) is 0 Å². The van der Waals surface area contributed by atoms with Crippen molar-refractivity contribution in [2.45, 2.75) is 26.3 Å². The maximum Gasteiger partial charge on any atom is 0.146 e. The number of para-hydroxylation sites is 1. The summed E-state index contributed by atoms with van der Waals surface area (Å²) in [5.41, 5.74) is 8.70. The molecule has 0 saturated carbocycles. The molecule has 1 unspecified atom stereocenters. The second-order valence-corrected chi connectivity index (χ2v) is 4.80. The van der Waals surface area contributed by atoms with Crippen LogP contribution in [-0.4, -0.2) is 6.54 Å². The number of halogens is 1. The lowest BCUT2D eigenvalue weighted by Gasteiger charge is -2.24. The van der Waals surface area contributed by atoms with Crippen molar-refractivity contribution in [2.24, 2.45) is 5.73 Å². The van der Waals surface area contributed by atoms with E-state index in [9.17, 15) is 4.39 Å². The van der Waals surface area contributed by atoms with Crippen LogP contribution in [0.25, 0.3) is 0 Å². The Morgan fingerprint density at radius 1 is 1.05 bits per heavy atom. The number of hydrogen-bond donors (Lipinski definition) is 1. The molecule has 2 aromatic rings.